The van der Waals surface area contributed by atoms with Crippen molar-refractivity contribution in [3.63, 3.8) is 0 Å². The molecule has 2 aromatic rings. The van der Waals surface area contributed by atoms with Crippen molar-refractivity contribution in [3.8, 4) is 0 Å². The molecule has 1 aliphatic heterocycles. The van der Waals surface area contributed by atoms with Crippen LogP contribution in [0.15, 0.2) is 40.2 Å². The molecule has 0 amide bonds. The van der Waals surface area contributed by atoms with Crippen LogP contribution in [-0.2, 0) is 11.2 Å². The summed E-state index contributed by atoms with van der Waals surface area (Å²) in [5.41, 5.74) is 5.62. The van der Waals surface area contributed by atoms with Gasteiger partial charge in [0.05, 0.1) is 18.8 Å². The third kappa shape index (κ3) is 2.97. The molecule has 2 heterocycles. The lowest BCUT2D eigenvalue weighted by Crippen LogP contribution is -2.30. The van der Waals surface area contributed by atoms with E-state index < -0.39 is 0 Å². The van der Waals surface area contributed by atoms with E-state index in [4.69, 9.17) is 10.6 Å². The van der Waals surface area contributed by atoms with Crippen LogP contribution < -0.4 is 11.3 Å². The standard InChI is InChI=1S/C15H17BrN2OS/c16-11-7-15(20-9-11)13(18-17)8-14-12-4-2-1-3-10(12)5-6-19-14/h1-4,7,9,13-14,18H,5-6,8,17H2. The van der Waals surface area contributed by atoms with Crippen molar-refractivity contribution >= 4 is 27.3 Å². The topological polar surface area (TPSA) is 47.3 Å². The van der Waals surface area contributed by atoms with Crippen LogP contribution in [0.4, 0.5) is 0 Å². The Kier molecular flexibility index (Phi) is 4.53. The molecule has 0 radical (unpaired) electrons. The van der Waals surface area contributed by atoms with E-state index in [0.29, 0.717) is 0 Å². The van der Waals surface area contributed by atoms with Gasteiger partial charge >= 0.3 is 0 Å². The second-order valence-electron chi connectivity index (χ2n) is 4.93. The molecular formula is C15H17BrN2OS. The average Bonchev–Trinajstić information content (AvgIpc) is 2.91. The maximum absolute atomic E-state index is 5.96. The van der Waals surface area contributed by atoms with Gasteiger partial charge in [-0.15, -0.1) is 11.3 Å². The van der Waals surface area contributed by atoms with Crippen molar-refractivity contribution in [2.75, 3.05) is 6.61 Å². The second-order valence-corrected chi connectivity index (χ2v) is 6.79. The van der Waals surface area contributed by atoms with Gasteiger partial charge in [0.15, 0.2) is 0 Å². The number of nitrogens with two attached hydrogens (primary N) is 1. The van der Waals surface area contributed by atoms with Gasteiger partial charge in [-0.05, 0) is 46.0 Å². The van der Waals surface area contributed by atoms with Gasteiger partial charge in [0.2, 0.25) is 0 Å². The summed E-state index contributed by atoms with van der Waals surface area (Å²) in [6.45, 7) is 0.785. The number of hydrazine groups is 1. The first-order valence-corrected chi connectivity index (χ1v) is 8.34. The minimum atomic E-state index is 0.113. The van der Waals surface area contributed by atoms with E-state index in [9.17, 15) is 0 Å². The fourth-order valence-electron chi connectivity index (χ4n) is 2.66. The van der Waals surface area contributed by atoms with Crippen molar-refractivity contribution < 1.29 is 4.74 Å². The Morgan fingerprint density at radius 3 is 3.05 bits per heavy atom. The molecule has 1 aromatic heterocycles. The lowest BCUT2D eigenvalue weighted by molar-refractivity contribution is 0.0295. The summed E-state index contributed by atoms with van der Waals surface area (Å²) in [6.07, 6.45) is 1.96. The van der Waals surface area contributed by atoms with E-state index in [1.54, 1.807) is 11.3 Å². The molecule has 3 rings (SSSR count). The van der Waals surface area contributed by atoms with Gasteiger partial charge in [-0.3, -0.25) is 11.3 Å². The van der Waals surface area contributed by atoms with Crippen LogP contribution in [0.3, 0.4) is 0 Å². The Bertz CT molecular complexity index is 587. The molecule has 5 heteroatoms. The number of nitrogens with one attached hydrogen (secondary N) is 1. The van der Waals surface area contributed by atoms with Crippen molar-refractivity contribution in [3.05, 3.63) is 56.2 Å². The van der Waals surface area contributed by atoms with Crippen molar-refractivity contribution in [2.45, 2.75) is 25.0 Å². The highest BCUT2D eigenvalue weighted by atomic mass is 79.9. The molecule has 0 saturated heterocycles. The third-order valence-electron chi connectivity index (χ3n) is 3.67. The first-order valence-electron chi connectivity index (χ1n) is 6.67. The maximum Gasteiger partial charge on any atom is 0.0846 e. The summed E-state index contributed by atoms with van der Waals surface area (Å²) in [6, 6.07) is 10.8. The van der Waals surface area contributed by atoms with E-state index in [1.165, 1.54) is 16.0 Å². The molecule has 0 fully saturated rings. The lowest BCUT2D eigenvalue weighted by atomic mass is 9.93. The quantitative estimate of drug-likeness (QED) is 0.651. The predicted molar refractivity (Wildman–Crippen MR) is 85.5 cm³/mol. The molecular weight excluding hydrogens is 336 g/mol. The van der Waals surface area contributed by atoms with E-state index in [0.717, 1.165) is 23.9 Å². The SMILES string of the molecule is NNC(CC1OCCc2ccccc21)c1cc(Br)cs1. The molecule has 0 aliphatic carbocycles. The number of hydrogen-bond acceptors (Lipinski definition) is 4. The minimum absolute atomic E-state index is 0.113. The maximum atomic E-state index is 5.96. The molecule has 0 bridgehead atoms. The van der Waals surface area contributed by atoms with Crippen molar-refractivity contribution in [1.29, 1.82) is 0 Å². The van der Waals surface area contributed by atoms with Gasteiger partial charge in [-0.2, -0.15) is 0 Å². The van der Waals surface area contributed by atoms with Gasteiger partial charge in [0, 0.05) is 14.7 Å². The minimum Gasteiger partial charge on any atom is -0.373 e. The highest BCUT2D eigenvalue weighted by Gasteiger charge is 2.25. The van der Waals surface area contributed by atoms with Crippen LogP contribution in [0.2, 0.25) is 0 Å². The third-order valence-corrected chi connectivity index (χ3v) is 5.48. The van der Waals surface area contributed by atoms with Crippen LogP contribution >= 0.6 is 27.3 Å². The van der Waals surface area contributed by atoms with Crippen molar-refractivity contribution in [2.24, 2.45) is 5.84 Å². The first kappa shape index (κ1) is 14.2. The molecule has 106 valence electrons. The Balaban J connectivity index is 1.80. The molecule has 3 N–H and O–H groups in total. The first-order chi connectivity index (χ1) is 9.78. The highest BCUT2D eigenvalue weighted by molar-refractivity contribution is 9.10. The number of ether oxygens (including phenoxy) is 1. The molecule has 2 atom stereocenters. The van der Waals surface area contributed by atoms with Gasteiger partial charge in [-0.25, -0.2) is 0 Å². The number of rotatable bonds is 4. The fraction of sp³-hybridized carbons (Fsp3) is 0.333. The molecule has 0 spiro atoms. The van der Waals surface area contributed by atoms with Crippen LogP contribution in [-0.4, -0.2) is 6.61 Å². The Morgan fingerprint density at radius 2 is 2.30 bits per heavy atom. The molecule has 1 aliphatic rings. The summed E-state index contributed by atoms with van der Waals surface area (Å²) in [7, 11) is 0. The van der Waals surface area contributed by atoms with E-state index in [-0.39, 0.29) is 12.1 Å². The summed E-state index contributed by atoms with van der Waals surface area (Å²) in [5.74, 6) is 5.74. The van der Waals surface area contributed by atoms with Crippen LogP contribution in [0.25, 0.3) is 0 Å². The van der Waals surface area contributed by atoms with Gasteiger partial charge in [0.25, 0.3) is 0 Å². The van der Waals surface area contributed by atoms with Crippen LogP contribution in [0, 0.1) is 0 Å². The highest BCUT2D eigenvalue weighted by Crippen LogP contribution is 2.36. The molecule has 3 nitrogen and oxygen atoms in total. The monoisotopic (exact) mass is 352 g/mol. The number of benzene rings is 1. The molecule has 1 aromatic carbocycles. The number of fused-ring (bicyclic) bond motifs is 1. The largest absolute Gasteiger partial charge is 0.373 e. The molecule has 2 unspecified atom stereocenters. The summed E-state index contributed by atoms with van der Waals surface area (Å²) >= 11 is 5.20. The Labute approximate surface area is 131 Å². The summed E-state index contributed by atoms with van der Waals surface area (Å²) < 4.78 is 7.06. The van der Waals surface area contributed by atoms with Crippen LogP contribution in [0.1, 0.15) is 34.6 Å². The number of thiophene rings is 1. The van der Waals surface area contributed by atoms with Crippen LogP contribution in [0.5, 0.6) is 0 Å². The molecule has 0 saturated carbocycles. The number of halogens is 1. The average molecular weight is 353 g/mol. The van der Waals surface area contributed by atoms with E-state index in [1.807, 2.05) is 0 Å². The number of hydrogen-bond donors (Lipinski definition) is 2. The smallest absolute Gasteiger partial charge is 0.0846 e. The fourth-order valence-corrected chi connectivity index (χ4v) is 4.18. The zero-order valence-corrected chi connectivity index (χ0v) is 13.4. The van der Waals surface area contributed by atoms with Gasteiger partial charge in [0.1, 0.15) is 0 Å². The molecule has 20 heavy (non-hydrogen) atoms. The zero-order chi connectivity index (χ0) is 13.9. The van der Waals surface area contributed by atoms with Gasteiger partial charge in [-0.1, -0.05) is 24.3 Å². The summed E-state index contributed by atoms with van der Waals surface area (Å²) in [4.78, 5) is 1.23. The van der Waals surface area contributed by atoms with Gasteiger partial charge < -0.3 is 4.74 Å². The summed E-state index contributed by atoms with van der Waals surface area (Å²) in [5, 5.41) is 2.08. The van der Waals surface area contributed by atoms with Crippen molar-refractivity contribution in [1.82, 2.24) is 5.43 Å². The predicted octanol–water partition coefficient (Wildman–Crippen LogP) is 3.72. The Morgan fingerprint density at radius 1 is 1.45 bits per heavy atom. The lowest BCUT2D eigenvalue weighted by Gasteiger charge is -2.28. The van der Waals surface area contributed by atoms with E-state index >= 15 is 0 Å². The zero-order valence-electron chi connectivity index (χ0n) is 11.0. The van der Waals surface area contributed by atoms with E-state index in [2.05, 4.69) is 57.1 Å². The normalized spacial score (nSPS) is 19.6. The Hall–Kier alpha value is -0.720. The second kappa shape index (κ2) is 6.37.